The lowest BCUT2D eigenvalue weighted by molar-refractivity contribution is -0.116. The van der Waals surface area contributed by atoms with Gasteiger partial charge >= 0.3 is 0 Å². The van der Waals surface area contributed by atoms with Gasteiger partial charge in [0.2, 0.25) is 15.9 Å². The Morgan fingerprint density at radius 1 is 1.12 bits per heavy atom. The van der Waals surface area contributed by atoms with Crippen molar-refractivity contribution in [3.63, 3.8) is 0 Å². The molecular formula is C18H28N2O5S. The fraction of sp³-hybridized carbons (Fsp3) is 0.611. The van der Waals surface area contributed by atoms with Gasteiger partial charge in [0.15, 0.2) is 11.5 Å². The summed E-state index contributed by atoms with van der Waals surface area (Å²) in [6, 6.07) is 4.92. The van der Waals surface area contributed by atoms with E-state index in [1.165, 1.54) is 24.8 Å². The fourth-order valence-corrected chi connectivity index (χ4v) is 4.42. The molecule has 1 aromatic rings. The number of sulfonamides is 1. The molecule has 0 unspecified atom stereocenters. The second kappa shape index (κ2) is 9.23. The van der Waals surface area contributed by atoms with Crippen LogP contribution in [0.1, 0.15) is 38.5 Å². The molecule has 146 valence electrons. The van der Waals surface area contributed by atoms with Crippen molar-refractivity contribution in [3.05, 3.63) is 18.2 Å². The van der Waals surface area contributed by atoms with Crippen LogP contribution >= 0.6 is 0 Å². The largest absolute Gasteiger partial charge is 0.493 e. The Hall–Kier alpha value is -1.80. The number of carbonyl (C=O) groups is 1. The average Bonchev–Trinajstić information content (AvgIpc) is 2.87. The summed E-state index contributed by atoms with van der Waals surface area (Å²) in [5, 5.41) is 2.74. The number of hydrogen-bond donors (Lipinski definition) is 1. The van der Waals surface area contributed by atoms with Crippen molar-refractivity contribution in [2.75, 3.05) is 32.3 Å². The molecule has 1 fully saturated rings. The molecule has 0 aromatic heterocycles. The molecule has 1 saturated carbocycles. The molecule has 1 aliphatic carbocycles. The number of anilines is 1. The third-order valence-corrected chi connectivity index (χ3v) is 5.90. The summed E-state index contributed by atoms with van der Waals surface area (Å²) in [5.74, 6) is 0.683. The predicted octanol–water partition coefficient (Wildman–Crippen LogP) is 2.63. The maximum absolute atomic E-state index is 12.5. The quantitative estimate of drug-likeness (QED) is 0.731. The summed E-state index contributed by atoms with van der Waals surface area (Å²) in [5.41, 5.74) is 0.530. The zero-order valence-electron chi connectivity index (χ0n) is 15.7. The van der Waals surface area contributed by atoms with Gasteiger partial charge in [-0.25, -0.2) is 8.42 Å². The molecule has 0 saturated heterocycles. The van der Waals surface area contributed by atoms with Crippen LogP contribution in [0.5, 0.6) is 11.5 Å². The van der Waals surface area contributed by atoms with Gasteiger partial charge in [-0.1, -0.05) is 25.7 Å². The van der Waals surface area contributed by atoms with Crippen LogP contribution in [0.3, 0.4) is 0 Å². The number of nitrogens with one attached hydrogen (secondary N) is 1. The van der Waals surface area contributed by atoms with E-state index in [0.29, 0.717) is 17.2 Å². The van der Waals surface area contributed by atoms with Crippen LogP contribution in [0.4, 0.5) is 5.69 Å². The summed E-state index contributed by atoms with van der Waals surface area (Å²) in [7, 11) is -0.414. The van der Waals surface area contributed by atoms with E-state index in [9.17, 15) is 13.2 Å². The number of nitrogens with zero attached hydrogens (tertiary/aromatic N) is 1. The number of carbonyl (C=O) groups excluding carboxylic acids is 1. The van der Waals surface area contributed by atoms with Gasteiger partial charge in [0.25, 0.3) is 0 Å². The molecule has 1 N–H and O–H groups in total. The van der Waals surface area contributed by atoms with E-state index in [4.69, 9.17) is 9.47 Å². The molecule has 0 aliphatic heterocycles. The van der Waals surface area contributed by atoms with Crippen LogP contribution in [-0.2, 0) is 14.8 Å². The molecule has 0 atom stereocenters. The average molecular weight is 384 g/mol. The maximum atomic E-state index is 12.5. The molecule has 0 bridgehead atoms. The van der Waals surface area contributed by atoms with Crippen molar-refractivity contribution < 1.29 is 22.7 Å². The Balaban J connectivity index is 2.09. The van der Waals surface area contributed by atoms with Gasteiger partial charge in [-0.15, -0.1) is 0 Å². The Kier molecular flexibility index (Phi) is 7.28. The van der Waals surface area contributed by atoms with Crippen molar-refractivity contribution in [3.8, 4) is 11.5 Å². The second-order valence-electron chi connectivity index (χ2n) is 6.57. The number of rotatable bonds is 7. The Morgan fingerprint density at radius 2 is 1.73 bits per heavy atom. The van der Waals surface area contributed by atoms with Crippen LogP contribution in [0, 0.1) is 0 Å². The standard InChI is InChI=1S/C18H28N2O5S/c1-24-16-11-10-14(12-17(16)25-2)19-18(21)13-20(26(3,22)23)15-8-6-4-5-7-9-15/h10-12,15H,4-9,13H2,1-3H3,(H,19,21). The number of ether oxygens (including phenoxy) is 2. The van der Waals surface area contributed by atoms with Gasteiger partial charge in [-0.05, 0) is 25.0 Å². The third kappa shape index (κ3) is 5.60. The van der Waals surface area contributed by atoms with Crippen LogP contribution < -0.4 is 14.8 Å². The fourth-order valence-electron chi connectivity index (χ4n) is 3.32. The van der Waals surface area contributed by atoms with Crippen LogP contribution in [0.2, 0.25) is 0 Å². The number of methoxy groups -OCH3 is 2. The molecule has 8 heteroatoms. The Labute approximate surface area is 155 Å². The lowest BCUT2D eigenvalue weighted by Gasteiger charge is -2.28. The normalized spacial score (nSPS) is 16.2. The second-order valence-corrected chi connectivity index (χ2v) is 8.51. The smallest absolute Gasteiger partial charge is 0.239 e. The summed E-state index contributed by atoms with van der Waals surface area (Å²) in [6.45, 7) is -0.183. The topological polar surface area (TPSA) is 84.9 Å². The number of amides is 1. The van der Waals surface area contributed by atoms with E-state index in [-0.39, 0.29) is 18.5 Å². The highest BCUT2D eigenvalue weighted by molar-refractivity contribution is 7.88. The highest BCUT2D eigenvalue weighted by Crippen LogP contribution is 2.30. The maximum Gasteiger partial charge on any atom is 0.239 e. The molecule has 2 rings (SSSR count). The van der Waals surface area contributed by atoms with E-state index in [1.807, 2.05) is 0 Å². The molecule has 26 heavy (non-hydrogen) atoms. The van der Waals surface area contributed by atoms with Crippen molar-refractivity contribution in [2.45, 2.75) is 44.6 Å². The summed E-state index contributed by atoms with van der Waals surface area (Å²) in [6.07, 6.45) is 6.99. The minimum atomic E-state index is -3.46. The molecule has 0 radical (unpaired) electrons. The van der Waals surface area contributed by atoms with Crippen molar-refractivity contribution in [2.24, 2.45) is 0 Å². The first-order valence-corrected chi connectivity index (χ1v) is 10.7. The first-order chi connectivity index (χ1) is 12.3. The molecular weight excluding hydrogens is 356 g/mol. The molecule has 0 spiro atoms. The first-order valence-electron chi connectivity index (χ1n) is 8.84. The molecule has 1 amide bonds. The molecule has 7 nitrogen and oxygen atoms in total. The monoisotopic (exact) mass is 384 g/mol. The van der Waals surface area contributed by atoms with Crippen LogP contribution in [0.15, 0.2) is 18.2 Å². The third-order valence-electron chi connectivity index (χ3n) is 4.62. The minimum absolute atomic E-state index is 0.108. The molecule has 0 heterocycles. The highest BCUT2D eigenvalue weighted by atomic mass is 32.2. The van der Waals surface area contributed by atoms with E-state index in [1.54, 1.807) is 18.2 Å². The predicted molar refractivity (Wildman–Crippen MR) is 101 cm³/mol. The van der Waals surface area contributed by atoms with Gasteiger partial charge in [0, 0.05) is 17.8 Å². The summed E-state index contributed by atoms with van der Waals surface area (Å²) < 4.78 is 36.2. The van der Waals surface area contributed by atoms with E-state index in [0.717, 1.165) is 38.5 Å². The zero-order valence-corrected chi connectivity index (χ0v) is 16.5. The van der Waals surface area contributed by atoms with E-state index >= 15 is 0 Å². The zero-order chi connectivity index (χ0) is 19.2. The van der Waals surface area contributed by atoms with E-state index in [2.05, 4.69) is 5.32 Å². The Morgan fingerprint density at radius 3 is 2.27 bits per heavy atom. The first kappa shape index (κ1) is 20.5. The summed E-state index contributed by atoms with van der Waals surface area (Å²) in [4.78, 5) is 12.5. The highest BCUT2D eigenvalue weighted by Gasteiger charge is 2.29. The van der Waals surface area contributed by atoms with Gasteiger partial charge in [0.05, 0.1) is 27.0 Å². The SMILES string of the molecule is COc1ccc(NC(=O)CN(C2CCCCCC2)S(C)(=O)=O)cc1OC. The lowest BCUT2D eigenvalue weighted by Crippen LogP contribution is -2.44. The summed E-state index contributed by atoms with van der Waals surface area (Å²) >= 11 is 0. The number of benzene rings is 1. The van der Waals surface area contributed by atoms with Crippen molar-refractivity contribution >= 4 is 21.6 Å². The van der Waals surface area contributed by atoms with Crippen molar-refractivity contribution in [1.82, 2.24) is 4.31 Å². The van der Waals surface area contributed by atoms with Crippen LogP contribution in [0.25, 0.3) is 0 Å². The van der Waals surface area contributed by atoms with E-state index < -0.39 is 10.0 Å². The van der Waals surface area contributed by atoms with Crippen LogP contribution in [-0.4, -0.2) is 51.7 Å². The lowest BCUT2D eigenvalue weighted by atomic mass is 10.1. The van der Waals surface area contributed by atoms with Gasteiger partial charge in [0.1, 0.15) is 0 Å². The van der Waals surface area contributed by atoms with Gasteiger partial charge < -0.3 is 14.8 Å². The number of hydrogen-bond acceptors (Lipinski definition) is 5. The van der Waals surface area contributed by atoms with Gasteiger partial charge in [-0.2, -0.15) is 4.31 Å². The minimum Gasteiger partial charge on any atom is -0.493 e. The van der Waals surface area contributed by atoms with Gasteiger partial charge in [-0.3, -0.25) is 4.79 Å². The Bertz CT molecular complexity index is 712. The molecule has 1 aromatic carbocycles. The van der Waals surface area contributed by atoms with Crippen molar-refractivity contribution in [1.29, 1.82) is 0 Å². The molecule has 1 aliphatic rings.